The van der Waals surface area contributed by atoms with Crippen LogP contribution in [0.25, 0.3) is 16.1 Å². The monoisotopic (exact) mass is 388 g/mol. The van der Waals surface area contributed by atoms with Gasteiger partial charge < -0.3 is 10.2 Å². The molecule has 0 unspecified atom stereocenters. The molecule has 1 saturated heterocycles. The lowest BCUT2D eigenvalue weighted by Gasteiger charge is -2.30. The lowest BCUT2D eigenvalue weighted by atomic mass is 9.82. The minimum atomic E-state index is -0.820. The molecule has 4 rings (SSSR count). The molecule has 146 valence electrons. The lowest BCUT2D eigenvalue weighted by Crippen LogP contribution is -2.48. The normalized spacial score (nSPS) is 17.8. The number of urea groups is 1. The smallest absolute Gasteiger partial charge is 0.325 e. The molecule has 1 spiro atoms. The van der Waals surface area contributed by atoms with Gasteiger partial charge in [0.25, 0.3) is 11.7 Å². The summed E-state index contributed by atoms with van der Waals surface area (Å²) in [7, 11) is 0. The molecular formula is C22H20N4O3. The summed E-state index contributed by atoms with van der Waals surface area (Å²) < 4.78 is 0. The number of hydrogen-bond acceptors (Lipinski definition) is 4. The number of Topliss-reactive ketones (excluding diaryl/α,β-unsaturated/α-hetero) is 1. The van der Waals surface area contributed by atoms with Crippen molar-refractivity contribution in [3.63, 3.8) is 0 Å². The molecule has 0 bridgehead atoms. The molecule has 2 fully saturated rings. The summed E-state index contributed by atoms with van der Waals surface area (Å²) >= 11 is 0. The number of carbonyl (C=O) groups excluding carboxylic acids is 3. The van der Waals surface area contributed by atoms with Gasteiger partial charge in [0.15, 0.2) is 11.5 Å². The van der Waals surface area contributed by atoms with E-state index >= 15 is 0 Å². The number of amides is 3. The van der Waals surface area contributed by atoms with Gasteiger partial charge in [0.05, 0.1) is 6.54 Å². The second-order valence-electron chi connectivity index (χ2n) is 7.46. The Balaban J connectivity index is 1.48. The first kappa shape index (κ1) is 18.8. The molecule has 2 aromatic rings. The Hall–Kier alpha value is -3.53. The first-order chi connectivity index (χ1) is 14.0. The fourth-order valence-electron chi connectivity index (χ4n) is 4.02. The third-order valence-electron chi connectivity index (χ3n) is 5.61. The lowest BCUT2D eigenvalue weighted by molar-refractivity contribution is -0.132. The summed E-state index contributed by atoms with van der Waals surface area (Å²) in [5.74, 6) is -0.277. The zero-order valence-corrected chi connectivity index (χ0v) is 15.9. The van der Waals surface area contributed by atoms with Crippen molar-refractivity contribution in [3.8, 4) is 11.3 Å². The van der Waals surface area contributed by atoms with E-state index in [1.165, 1.54) is 0 Å². The molecular weight excluding hydrogens is 368 g/mol. The van der Waals surface area contributed by atoms with Crippen molar-refractivity contribution in [2.45, 2.75) is 37.6 Å². The van der Waals surface area contributed by atoms with Gasteiger partial charge in [0.2, 0.25) is 0 Å². The Morgan fingerprint density at radius 3 is 2.52 bits per heavy atom. The molecule has 2 heterocycles. The van der Waals surface area contributed by atoms with Crippen LogP contribution in [0.3, 0.4) is 0 Å². The minimum Gasteiger partial charge on any atom is -0.361 e. The van der Waals surface area contributed by atoms with Crippen molar-refractivity contribution < 1.29 is 14.4 Å². The van der Waals surface area contributed by atoms with E-state index in [2.05, 4.69) is 15.1 Å². The summed E-state index contributed by atoms with van der Waals surface area (Å²) in [6, 6.07) is 11.5. The number of nitrogens with one attached hydrogen (secondary N) is 1. The highest BCUT2D eigenvalue weighted by molar-refractivity contribution is 6.11. The Kier molecular flexibility index (Phi) is 4.85. The van der Waals surface area contributed by atoms with E-state index in [9.17, 15) is 14.4 Å². The molecule has 1 N–H and O–H groups in total. The predicted molar refractivity (Wildman–Crippen MR) is 106 cm³/mol. The molecule has 1 aliphatic heterocycles. The zero-order valence-electron chi connectivity index (χ0n) is 15.9. The number of pyridine rings is 1. The maximum Gasteiger partial charge on any atom is 0.325 e. The van der Waals surface area contributed by atoms with E-state index in [0.717, 1.165) is 29.7 Å². The second-order valence-corrected chi connectivity index (χ2v) is 7.46. The van der Waals surface area contributed by atoms with Gasteiger partial charge in [0, 0.05) is 11.1 Å². The van der Waals surface area contributed by atoms with E-state index in [0.29, 0.717) is 29.9 Å². The van der Waals surface area contributed by atoms with Gasteiger partial charge in [-0.25, -0.2) is 4.79 Å². The average molecular weight is 388 g/mol. The number of hydrogen-bond donors (Lipinski definition) is 1. The van der Waals surface area contributed by atoms with Crippen LogP contribution in [-0.4, -0.2) is 39.7 Å². The molecule has 3 amide bonds. The largest absolute Gasteiger partial charge is 0.361 e. The van der Waals surface area contributed by atoms with Crippen molar-refractivity contribution in [3.05, 3.63) is 59.4 Å². The van der Waals surface area contributed by atoms with Crippen LogP contribution in [0.15, 0.2) is 42.5 Å². The molecule has 1 aliphatic carbocycles. The molecule has 2 aliphatic rings. The molecule has 7 heteroatoms. The van der Waals surface area contributed by atoms with Gasteiger partial charge in [-0.15, -0.1) is 4.98 Å². The molecule has 0 atom stereocenters. The van der Waals surface area contributed by atoms with E-state index in [-0.39, 0.29) is 18.2 Å². The number of carbonyl (C=O) groups is 3. The predicted octanol–water partition coefficient (Wildman–Crippen LogP) is 3.74. The zero-order chi connectivity index (χ0) is 20.4. The summed E-state index contributed by atoms with van der Waals surface area (Å²) in [5, 5.41) is 2.82. The maximum atomic E-state index is 12.8. The number of ketones is 1. The Bertz CT molecular complexity index is 1020. The van der Waals surface area contributed by atoms with Crippen molar-refractivity contribution in [2.24, 2.45) is 0 Å². The maximum absolute atomic E-state index is 12.8. The Morgan fingerprint density at radius 1 is 1.10 bits per heavy atom. The Morgan fingerprint density at radius 2 is 1.83 bits per heavy atom. The summed E-state index contributed by atoms with van der Waals surface area (Å²) in [6.45, 7) is 6.79. The fraction of sp³-hybridized carbons (Fsp3) is 0.318. The van der Waals surface area contributed by atoms with Crippen LogP contribution in [-0.2, 0) is 4.79 Å². The number of aromatic nitrogens is 1. The number of rotatable bonds is 4. The van der Waals surface area contributed by atoms with Crippen molar-refractivity contribution in [2.75, 3.05) is 6.54 Å². The first-order valence-electron chi connectivity index (χ1n) is 9.65. The van der Waals surface area contributed by atoms with Crippen molar-refractivity contribution >= 4 is 23.5 Å². The highest BCUT2D eigenvalue weighted by Gasteiger charge is 2.51. The van der Waals surface area contributed by atoms with Crippen LogP contribution in [0.4, 0.5) is 10.6 Å². The number of benzene rings is 1. The highest BCUT2D eigenvalue weighted by Crippen LogP contribution is 2.33. The van der Waals surface area contributed by atoms with Crippen molar-refractivity contribution in [1.29, 1.82) is 0 Å². The highest BCUT2D eigenvalue weighted by atomic mass is 16.2. The molecule has 0 radical (unpaired) electrons. The van der Waals surface area contributed by atoms with Crippen LogP contribution in [0.1, 0.15) is 42.5 Å². The van der Waals surface area contributed by atoms with Gasteiger partial charge in [-0.1, -0.05) is 44.0 Å². The average Bonchev–Trinajstić information content (AvgIpc) is 2.98. The summed E-state index contributed by atoms with van der Waals surface area (Å²) in [5.41, 5.74) is 1.02. The summed E-state index contributed by atoms with van der Waals surface area (Å²) in [6.07, 6.45) is 4.13. The van der Waals surface area contributed by atoms with Crippen molar-refractivity contribution in [1.82, 2.24) is 15.2 Å². The first-order valence-corrected chi connectivity index (χ1v) is 9.65. The third-order valence-corrected chi connectivity index (χ3v) is 5.61. The van der Waals surface area contributed by atoms with E-state index in [4.69, 9.17) is 6.57 Å². The Labute approximate surface area is 168 Å². The summed E-state index contributed by atoms with van der Waals surface area (Å²) in [4.78, 5) is 46.4. The van der Waals surface area contributed by atoms with E-state index in [1.54, 1.807) is 42.5 Å². The third kappa shape index (κ3) is 3.49. The topological polar surface area (TPSA) is 83.7 Å². The standard InChI is InChI=1S/C22H20N4O3/c1-23-19-7-5-6-17(24-19)15-8-10-16(11-9-15)18(27)14-26-20(28)22(25-21(26)29)12-3-2-4-13-22/h5-11H,2-4,12-14H2,(H,25,29). The minimum absolute atomic E-state index is 0.267. The molecule has 1 aromatic heterocycles. The van der Waals surface area contributed by atoms with Crippen LogP contribution in [0.2, 0.25) is 0 Å². The van der Waals surface area contributed by atoms with Gasteiger partial charge in [0.1, 0.15) is 5.54 Å². The molecule has 29 heavy (non-hydrogen) atoms. The fourth-order valence-corrected chi connectivity index (χ4v) is 4.02. The molecule has 1 saturated carbocycles. The van der Waals surface area contributed by atoms with Gasteiger partial charge in [-0.2, -0.15) is 0 Å². The number of imide groups is 1. The van der Waals surface area contributed by atoms with Gasteiger partial charge in [-0.3, -0.25) is 14.5 Å². The molecule has 7 nitrogen and oxygen atoms in total. The molecule has 1 aromatic carbocycles. The van der Waals surface area contributed by atoms with Crippen LogP contribution in [0, 0.1) is 6.57 Å². The van der Waals surface area contributed by atoms with E-state index in [1.807, 2.05) is 0 Å². The van der Waals surface area contributed by atoms with Crippen LogP contribution >= 0.6 is 0 Å². The second kappa shape index (κ2) is 7.47. The van der Waals surface area contributed by atoms with Crippen LogP contribution < -0.4 is 5.32 Å². The van der Waals surface area contributed by atoms with E-state index < -0.39 is 11.6 Å². The quantitative estimate of drug-likeness (QED) is 0.491. The van der Waals surface area contributed by atoms with Gasteiger partial charge >= 0.3 is 6.03 Å². The van der Waals surface area contributed by atoms with Crippen LogP contribution in [0.5, 0.6) is 0 Å². The SMILES string of the molecule is [C-]#[N+]c1cccc(-c2ccc(C(=O)CN3C(=O)NC4(CCCCC4)C3=O)cc2)n1. The number of nitrogens with zero attached hydrogens (tertiary/aromatic N) is 3. The van der Waals surface area contributed by atoms with Gasteiger partial charge in [-0.05, 0) is 37.1 Å².